The summed E-state index contributed by atoms with van der Waals surface area (Å²) in [6.45, 7) is 11.1. The van der Waals surface area contributed by atoms with Crippen molar-refractivity contribution in [3.8, 4) is 0 Å². The molecule has 1 aliphatic carbocycles. The molecule has 2 rings (SSSR count). The van der Waals surface area contributed by atoms with Gasteiger partial charge in [0.1, 0.15) is 0 Å². The molecule has 0 amide bonds. The maximum atomic E-state index is 3.90. The molecule has 1 aliphatic heterocycles. The first-order valence-corrected chi connectivity index (χ1v) is 8.64. The molecule has 19 heavy (non-hydrogen) atoms. The third-order valence-electron chi connectivity index (χ3n) is 5.25. The Hall–Kier alpha value is -0.0800. The summed E-state index contributed by atoms with van der Waals surface area (Å²) in [6.07, 6.45) is 9.90. The Balaban J connectivity index is 1.77. The molecule has 0 aromatic rings. The fourth-order valence-electron chi connectivity index (χ4n) is 3.84. The molecule has 1 heterocycles. The van der Waals surface area contributed by atoms with Crippen LogP contribution in [0.2, 0.25) is 0 Å². The fourth-order valence-corrected chi connectivity index (χ4v) is 3.84. The van der Waals surface area contributed by atoms with Crippen LogP contribution in [-0.2, 0) is 0 Å². The van der Waals surface area contributed by atoms with Crippen molar-refractivity contribution in [2.24, 2.45) is 11.8 Å². The van der Waals surface area contributed by atoms with Crippen molar-refractivity contribution in [3.63, 3.8) is 0 Å². The van der Waals surface area contributed by atoms with Gasteiger partial charge in [0.2, 0.25) is 0 Å². The van der Waals surface area contributed by atoms with E-state index in [0.29, 0.717) is 0 Å². The summed E-state index contributed by atoms with van der Waals surface area (Å²) in [5.74, 6) is 1.72. The Labute approximate surface area is 120 Å². The number of hydrogen-bond donors (Lipinski definition) is 1. The molecule has 1 saturated carbocycles. The van der Waals surface area contributed by atoms with Gasteiger partial charge < -0.3 is 5.32 Å². The maximum absolute atomic E-state index is 3.90. The van der Waals surface area contributed by atoms with Crippen LogP contribution in [0.25, 0.3) is 0 Å². The highest BCUT2D eigenvalue weighted by Crippen LogP contribution is 2.23. The van der Waals surface area contributed by atoms with E-state index < -0.39 is 0 Å². The van der Waals surface area contributed by atoms with Crippen LogP contribution in [0.1, 0.15) is 65.7 Å². The Morgan fingerprint density at radius 1 is 1.00 bits per heavy atom. The van der Waals surface area contributed by atoms with Gasteiger partial charge in [-0.25, -0.2) is 0 Å². The van der Waals surface area contributed by atoms with Crippen LogP contribution < -0.4 is 5.32 Å². The predicted octanol–water partition coefficient (Wildman–Crippen LogP) is 3.67. The van der Waals surface area contributed by atoms with E-state index in [1.165, 1.54) is 64.6 Å². The van der Waals surface area contributed by atoms with E-state index in [1.54, 1.807) is 0 Å². The molecule has 2 nitrogen and oxygen atoms in total. The molecule has 0 spiro atoms. The first-order valence-electron chi connectivity index (χ1n) is 8.64. The second kappa shape index (κ2) is 7.64. The summed E-state index contributed by atoms with van der Waals surface area (Å²) in [5.41, 5.74) is 0. The molecule has 2 heteroatoms. The molecule has 0 aromatic carbocycles. The fraction of sp³-hybridized carbons (Fsp3) is 1.00. The molecule has 0 aromatic heterocycles. The highest BCUT2D eigenvalue weighted by Gasteiger charge is 2.25. The van der Waals surface area contributed by atoms with Gasteiger partial charge >= 0.3 is 0 Å². The van der Waals surface area contributed by atoms with Gasteiger partial charge in [0.15, 0.2) is 0 Å². The van der Waals surface area contributed by atoms with Gasteiger partial charge in [-0.1, -0.05) is 33.6 Å². The zero-order valence-electron chi connectivity index (χ0n) is 13.3. The average Bonchev–Trinajstić information content (AvgIpc) is 2.80. The minimum Gasteiger partial charge on any atom is -0.312 e. The molecule has 0 bridgehead atoms. The number of nitrogens with zero attached hydrogens (tertiary/aromatic N) is 1. The zero-order chi connectivity index (χ0) is 13.7. The van der Waals surface area contributed by atoms with Crippen molar-refractivity contribution in [3.05, 3.63) is 0 Å². The highest BCUT2D eigenvalue weighted by atomic mass is 15.2. The molecular weight excluding hydrogens is 232 g/mol. The lowest BCUT2D eigenvalue weighted by Gasteiger charge is -2.32. The number of nitrogens with one attached hydrogen (secondary N) is 1. The Morgan fingerprint density at radius 3 is 2.42 bits per heavy atom. The molecule has 0 radical (unpaired) electrons. The van der Waals surface area contributed by atoms with Gasteiger partial charge in [-0.3, -0.25) is 4.90 Å². The van der Waals surface area contributed by atoms with Gasteiger partial charge in [0.25, 0.3) is 0 Å². The van der Waals surface area contributed by atoms with E-state index in [-0.39, 0.29) is 0 Å². The summed E-state index contributed by atoms with van der Waals surface area (Å²) in [5, 5.41) is 3.90. The summed E-state index contributed by atoms with van der Waals surface area (Å²) in [4.78, 5) is 2.72. The van der Waals surface area contributed by atoms with Crippen LogP contribution in [0, 0.1) is 11.8 Å². The van der Waals surface area contributed by atoms with Gasteiger partial charge in [-0.15, -0.1) is 0 Å². The molecule has 2 aliphatic rings. The minimum atomic E-state index is 0.753. The smallest absolute Gasteiger partial charge is 0.0243 e. The second-order valence-electron chi connectivity index (χ2n) is 7.27. The van der Waals surface area contributed by atoms with E-state index in [4.69, 9.17) is 0 Å². The Kier molecular flexibility index (Phi) is 6.15. The minimum absolute atomic E-state index is 0.753. The quantitative estimate of drug-likeness (QED) is 0.764. The molecule has 1 N–H and O–H groups in total. The third-order valence-corrected chi connectivity index (χ3v) is 5.25. The van der Waals surface area contributed by atoms with E-state index in [1.807, 2.05) is 0 Å². The summed E-state index contributed by atoms with van der Waals surface area (Å²) < 4.78 is 0. The summed E-state index contributed by atoms with van der Waals surface area (Å²) >= 11 is 0. The molecule has 1 saturated heterocycles. The number of hydrogen-bond acceptors (Lipinski definition) is 2. The third kappa shape index (κ3) is 4.75. The van der Waals surface area contributed by atoms with Crippen LogP contribution in [0.4, 0.5) is 0 Å². The predicted molar refractivity (Wildman–Crippen MR) is 83.5 cm³/mol. The van der Waals surface area contributed by atoms with Crippen molar-refractivity contribution in [1.29, 1.82) is 0 Å². The normalized spacial score (nSPS) is 31.6. The van der Waals surface area contributed by atoms with E-state index in [2.05, 4.69) is 31.0 Å². The lowest BCUT2D eigenvalue weighted by molar-refractivity contribution is 0.180. The molecule has 2 fully saturated rings. The largest absolute Gasteiger partial charge is 0.312 e. The van der Waals surface area contributed by atoms with E-state index >= 15 is 0 Å². The van der Waals surface area contributed by atoms with Gasteiger partial charge in [-0.2, -0.15) is 0 Å². The van der Waals surface area contributed by atoms with Gasteiger partial charge in [0, 0.05) is 18.6 Å². The topological polar surface area (TPSA) is 15.3 Å². The second-order valence-corrected chi connectivity index (χ2v) is 7.27. The van der Waals surface area contributed by atoms with E-state index in [9.17, 15) is 0 Å². The van der Waals surface area contributed by atoms with Crippen molar-refractivity contribution in [2.45, 2.75) is 77.8 Å². The van der Waals surface area contributed by atoms with Crippen LogP contribution in [-0.4, -0.2) is 36.6 Å². The number of likely N-dealkylation sites (tertiary alicyclic amines) is 1. The van der Waals surface area contributed by atoms with Crippen LogP contribution in [0.3, 0.4) is 0 Å². The summed E-state index contributed by atoms with van der Waals surface area (Å²) in [7, 11) is 0. The molecule has 3 atom stereocenters. The van der Waals surface area contributed by atoms with Crippen LogP contribution in [0.15, 0.2) is 0 Å². The van der Waals surface area contributed by atoms with Crippen LogP contribution in [0.5, 0.6) is 0 Å². The lowest BCUT2D eigenvalue weighted by atomic mass is 10.0. The van der Waals surface area contributed by atoms with Gasteiger partial charge in [0.05, 0.1) is 0 Å². The first-order chi connectivity index (χ1) is 9.16. The van der Waals surface area contributed by atoms with Crippen molar-refractivity contribution in [1.82, 2.24) is 10.2 Å². The average molecular weight is 266 g/mol. The van der Waals surface area contributed by atoms with Crippen molar-refractivity contribution in [2.75, 3.05) is 19.6 Å². The zero-order valence-corrected chi connectivity index (χ0v) is 13.3. The van der Waals surface area contributed by atoms with Gasteiger partial charge in [-0.05, 0) is 57.0 Å². The Morgan fingerprint density at radius 2 is 1.74 bits per heavy atom. The molecule has 3 unspecified atom stereocenters. The molecular formula is C17H34N2. The van der Waals surface area contributed by atoms with Crippen LogP contribution >= 0.6 is 0 Å². The maximum Gasteiger partial charge on any atom is 0.0243 e. The first kappa shape index (κ1) is 15.3. The molecule has 112 valence electrons. The van der Waals surface area contributed by atoms with Crippen molar-refractivity contribution < 1.29 is 0 Å². The standard InChI is InChI=1S/C17H34N2/c1-14(2)17(19-11-4-5-12-19)13-18-16-8-6-7-15(3)9-10-16/h14-18H,4-13H2,1-3H3. The monoisotopic (exact) mass is 266 g/mol. The summed E-state index contributed by atoms with van der Waals surface area (Å²) in [6, 6.07) is 1.54. The van der Waals surface area contributed by atoms with E-state index in [0.717, 1.165) is 23.9 Å². The number of rotatable bonds is 5. The lowest BCUT2D eigenvalue weighted by Crippen LogP contribution is -2.46. The van der Waals surface area contributed by atoms with Crippen molar-refractivity contribution >= 4 is 0 Å². The Bertz CT molecular complexity index is 246. The highest BCUT2D eigenvalue weighted by molar-refractivity contribution is 4.83. The SMILES string of the molecule is CC1CCCC(NCC(C(C)C)N2CCCC2)CC1.